The maximum atomic E-state index is 11.7. The summed E-state index contributed by atoms with van der Waals surface area (Å²) < 4.78 is 23.4. The zero-order valence-electron chi connectivity index (χ0n) is 13.1. The maximum absolute atomic E-state index is 11.7. The summed E-state index contributed by atoms with van der Waals surface area (Å²) in [6.45, 7) is 8.67. The molecule has 0 saturated carbocycles. The van der Waals surface area contributed by atoms with Gasteiger partial charge in [0.2, 0.25) is 0 Å². The molecule has 1 fully saturated rings. The van der Waals surface area contributed by atoms with Crippen molar-refractivity contribution in [2.45, 2.75) is 46.2 Å². The zero-order chi connectivity index (χ0) is 15.5. The number of rotatable bonds is 6. The normalized spacial score (nSPS) is 21.7. The molecule has 0 spiro atoms. The smallest absolute Gasteiger partial charge is 0.186 e. The van der Waals surface area contributed by atoms with Gasteiger partial charge in [-0.05, 0) is 26.3 Å². The average Bonchev–Trinajstić information content (AvgIpc) is 2.81. The molecule has 1 saturated heterocycles. The Balaban J connectivity index is 2.13. The molecular formula is C14H25N3O2S2. The third-order valence-corrected chi connectivity index (χ3v) is 6.66. The summed E-state index contributed by atoms with van der Waals surface area (Å²) in [6, 6.07) is 0.0102. The summed E-state index contributed by atoms with van der Waals surface area (Å²) in [5.74, 6) is 0.471. The van der Waals surface area contributed by atoms with Crippen molar-refractivity contribution in [2.75, 3.05) is 29.5 Å². The van der Waals surface area contributed by atoms with Gasteiger partial charge in [0.25, 0.3) is 0 Å². The van der Waals surface area contributed by atoms with Gasteiger partial charge in [-0.25, -0.2) is 13.4 Å². The van der Waals surface area contributed by atoms with Crippen LogP contribution in [0.15, 0.2) is 0 Å². The van der Waals surface area contributed by atoms with E-state index in [1.54, 1.807) is 11.3 Å². The van der Waals surface area contributed by atoms with E-state index in [0.717, 1.165) is 36.8 Å². The third-order valence-electron chi connectivity index (χ3n) is 3.73. The van der Waals surface area contributed by atoms with Gasteiger partial charge < -0.3 is 10.2 Å². The Morgan fingerprint density at radius 3 is 2.81 bits per heavy atom. The standard InChI is InChI=1S/C14H25N3O2S2/c1-4-6-15-9-13-12(5-2)16-14(20-13)17-7-8-21(18,19)10-11(17)3/h11,15H,4-10H2,1-3H3. The van der Waals surface area contributed by atoms with Gasteiger partial charge in [-0.1, -0.05) is 13.8 Å². The number of nitrogens with zero attached hydrogens (tertiary/aromatic N) is 2. The largest absolute Gasteiger partial charge is 0.343 e. The highest BCUT2D eigenvalue weighted by Gasteiger charge is 2.30. The number of hydrogen-bond donors (Lipinski definition) is 1. The Kier molecular flexibility index (Phi) is 5.62. The van der Waals surface area contributed by atoms with E-state index in [2.05, 4.69) is 24.1 Å². The van der Waals surface area contributed by atoms with Crippen LogP contribution >= 0.6 is 11.3 Å². The molecular weight excluding hydrogens is 306 g/mol. The molecule has 1 atom stereocenters. The first-order valence-corrected chi connectivity index (χ1v) is 10.3. The van der Waals surface area contributed by atoms with Crippen LogP contribution in [0.25, 0.3) is 0 Å². The third kappa shape index (κ3) is 4.17. The van der Waals surface area contributed by atoms with Crippen molar-refractivity contribution in [1.82, 2.24) is 10.3 Å². The summed E-state index contributed by atoms with van der Waals surface area (Å²) in [6.07, 6.45) is 2.04. The van der Waals surface area contributed by atoms with Crippen LogP contribution in [0.4, 0.5) is 5.13 Å². The van der Waals surface area contributed by atoms with E-state index in [1.807, 2.05) is 6.92 Å². The van der Waals surface area contributed by atoms with E-state index in [4.69, 9.17) is 4.98 Å². The van der Waals surface area contributed by atoms with Crippen LogP contribution in [0.3, 0.4) is 0 Å². The molecule has 0 aromatic carbocycles. The van der Waals surface area contributed by atoms with Crippen LogP contribution in [0, 0.1) is 0 Å². The highest BCUT2D eigenvalue weighted by atomic mass is 32.2. The molecule has 1 aliphatic rings. The van der Waals surface area contributed by atoms with Crippen molar-refractivity contribution in [1.29, 1.82) is 0 Å². The number of nitrogens with one attached hydrogen (secondary N) is 1. The van der Waals surface area contributed by atoms with E-state index in [-0.39, 0.29) is 17.5 Å². The molecule has 0 bridgehead atoms. The topological polar surface area (TPSA) is 62.3 Å². The number of sulfone groups is 1. The van der Waals surface area contributed by atoms with E-state index >= 15 is 0 Å². The van der Waals surface area contributed by atoms with Crippen LogP contribution in [-0.2, 0) is 22.8 Å². The first-order valence-electron chi connectivity index (χ1n) is 7.63. The fourth-order valence-electron chi connectivity index (χ4n) is 2.57. The van der Waals surface area contributed by atoms with Gasteiger partial charge in [-0.15, -0.1) is 11.3 Å². The second-order valence-corrected chi connectivity index (χ2v) is 8.84. The fourth-order valence-corrected chi connectivity index (χ4v) is 5.37. The molecule has 5 nitrogen and oxygen atoms in total. The molecule has 0 radical (unpaired) electrons. The number of thiazole rings is 1. The number of hydrogen-bond acceptors (Lipinski definition) is 6. The van der Waals surface area contributed by atoms with E-state index in [0.29, 0.717) is 6.54 Å². The van der Waals surface area contributed by atoms with Crippen molar-refractivity contribution in [3.05, 3.63) is 10.6 Å². The lowest BCUT2D eigenvalue weighted by Crippen LogP contribution is -2.47. The lowest BCUT2D eigenvalue weighted by Gasteiger charge is -2.32. The first-order chi connectivity index (χ1) is 9.96. The Morgan fingerprint density at radius 2 is 2.19 bits per heavy atom. The van der Waals surface area contributed by atoms with E-state index < -0.39 is 9.84 Å². The van der Waals surface area contributed by atoms with Crippen LogP contribution in [0.5, 0.6) is 0 Å². The molecule has 0 aliphatic carbocycles. The second-order valence-electron chi connectivity index (χ2n) is 5.55. The number of anilines is 1. The summed E-state index contributed by atoms with van der Waals surface area (Å²) >= 11 is 1.70. The van der Waals surface area contributed by atoms with Crippen LogP contribution < -0.4 is 10.2 Å². The summed E-state index contributed by atoms with van der Waals surface area (Å²) in [4.78, 5) is 8.17. The Morgan fingerprint density at radius 1 is 1.43 bits per heavy atom. The molecule has 7 heteroatoms. The Hall–Kier alpha value is -0.660. The summed E-state index contributed by atoms with van der Waals surface area (Å²) in [5, 5.41) is 4.40. The minimum atomic E-state index is -2.88. The van der Waals surface area contributed by atoms with Gasteiger partial charge >= 0.3 is 0 Å². The molecule has 120 valence electrons. The zero-order valence-corrected chi connectivity index (χ0v) is 14.7. The van der Waals surface area contributed by atoms with Crippen LogP contribution in [0.2, 0.25) is 0 Å². The van der Waals surface area contributed by atoms with E-state index in [9.17, 15) is 8.42 Å². The highest BCUT2D eigenvalue weighted by Crippen LogP contribution is 2.30. The predicted molar refractivity (Wildman–Crippen MR) is 89.0 cm³/mol. The lowest BCUT2D eigenvalue weighted by molar-refractivity contribution is 0.568. The van der Waals surface area contributed by atoms with Gasteiger partial charge in [0, 0.05) is 24.0 Å². The highest BCUT2D eigenvalue weighted by molar-refractivity contribution is 7.91. The molecule has 1 aliphatic heterocycles. The summed E-state index contributed by atoms with van der Waals surface area (Å²) in [5.41, 5.74) is 1.14. The van der Waals surface area contributed by atoms with Crippen molar-refractivity contribution < 1.29 is 8.42 Å². The van der Waals surface area contributed by atoms with Crippen molar-refractivity contribution in [3.8, 4) is 0 Å². The summed E-state index contributed by atoms with van der Waals surface area (Å²) in [7, 11) is -2.88. The fraction of sp³-hybridized carbons (Fsp3) is 0.786. The SMILES string of the molecule is CCCNCc1sc(N2CCS(=O)(=O)CC2C)nc1CC. The van der Waals surface area contributed by atoms with Gasteiger partial charge in [0.05, 0.1) is 17.2 Å². The molecule has 1 aromatic rings. The number of aromatic nitrogens is 1. The molecule has 1 aromatic heterocycles. The average molecular weight is 332 g/mol. The molecule has 1 unspecified atom stereocenters. The molecule has 1 N–H and O–H groups in total. The quantitative estimate of drug-likeness (QED) is 0.806. The van der Waals surface area contributed by atoms with Crippen molar-refractivity contribution >= 4 is 26.3 Å². The van der Waals surface area contributed by atoms with Gasteiger partial charge in [0.1, 0.15) is 0 Å². The lowest BCUT2D eigenvalue weighted by atomic mass is 10.3. The van der Waals surface area contributed by atoms with Crippen LogP contribution in [0.1, 0.15) is 37.8 Å². The predicted octanol–water partition coefficient (Wildman–Crippen LogP) is 1.83. The minimum Gasteiger partial charge on any atom is -0.343 e. The van der Waals surface area contributed by atoms with Crippen LogP contribution in [-0.4, -0.2) is 44.0 Å². The Labute approximate surface area is 131 Å². The van der Waals surface area contributed by atoms with Gasteiger partial charge in [-0.3, -0.25) is 0 Å². The number of aryl methyl sites for hydroxylation is 1. The van der Waals surface area contributed by atoms with Crippen molar-refractivity contribution in [2.24, 2.45) is 0 Å². The van der Waals surface area contributed by atoms with Gasteiger partial charge in [0.15, 0.2) is 15.0 Å². The first kappa shape index (κ1) is 16.7. The Bertz CT molecular complexity index is 569. The molecule has 2 rings (SSSR count). The van der Waals surface area contributed by atoms with E-state index in [1.165, 1.54) is 4.88 Å². The molecule has 21 heavy (non-hydrogen) atoms. The second kappa shape index (κ2) is 7.07. The minimum absolute atomic E-state index is 0.0102. The van der Waals surface area contributed by atoms with Gasteiger partial charge in [-0.2, -0.15) is 0 Å². The van der Waals surface area contributed by atoms with Crippen molar-refractivity contribution in [3.63, 3.8) is 0 Å². The monoisotopic (exact) mass is 331 g/mol. The molecule has 2 heterocycles. The maximum Gasteiger partial charge on any atom is 0.186 e. The molecule has 0 amide bonds.